The average molecular weight is 228 g/mol. The van der Waals surface area contributed by atoms with Crippen LogP contribution < -0.4 is 4.74 Å². The van der Waals surface area contributed by atoms with E-state index >= 15 is 0 Å². The highest BCUT2D eigenvalue weighted by Gasteiger charge is 2.19. The number of nitro groups is 1. The molecule has 0 atom stereocenters. The van der Waals surface area contributed by atoms with Gasteiger partial charge in [-0.1, -0.05) is 0 Å². The van der Waals surface area contributed by atoms with Crippen LogP contribution in [0.25, 0.3) is 0 Å². The second-order valence-corrected chi connectivity index (χ2v) is 2.68. The lowest BCUT2D eigenvalue weighted by molar-refractivity contribution is -0.386. The molecule has 0 unspecified atom stereocenters. The van der Waals surface area contributed by atoms with E-state index in [1.807, 2.05) is 0 Å². The van der Waals surface area contributed by atoms with E-state index in [4.69, 9.17) is 14.9 Å². The van der Waals surface area contributed by atoms with Crippen molar-refractivity contribution in [2.24, 2.45) is 0 Å². The van der Waals surface area contributed by atoms with Crippen LogP contribution in [0.4, 0.5) is 5.69 Å². The predicted molar refractivity (Wildman–Crippen MR) is 50.4 cm³/mol. The van der Waals surface area contributed by atoms with Crippen LogP contribution in [0.3, 0.4) is 0 Å². The van der Waals surface area contributed by atoms with Gasteiger partial charge in [-0.25, -0.2) is 9.78 Å². The quantitative estimate of drug-likeness (QED) is 0.539. The van der Waals surface area contributed by atoms with Gasteiger partial charge in [0.1, 0.15) is 6.61 Å². The maximum Gasteiger partial charge on any atom is 0.337 e. The fraction of sp³-hybridized carbons (Fsp3) is 0.250. The number of pyridine rings is 1. The third-order valence-electron chi connectivity index (χ3n) is 1.61. The number of ether oxygens (including phenoxy) is 1. The highest BCUT2D eigenvalue weighted by molar-refractivity contribution is 5.88. The number of aromatic carboxylic acids is 1. The van der Waals surface area contributed by atoms with Crippen molar-refractivity contribution in [3.05, 3.63) is 27.9 Å². The first-order valence-electron chi connectivity index (χ1n) is 4.17. The van der Waals surface area contributed by atoms with Crippen molar-refractivity contribution < 1.29 is 24.7 Å². The van der Waals surface area contributed by atoms with Crippen LogP contribution >= 0.6 is 0 Å². The number of aliphatic hydroxyl groups excluding tert-OH is 1. The summed E-state index contributed by atoms with van der Waals surface area (Å²) in [5.41, 5.74) is -0.851. The Kier molecular flexibility index (Phi) is 3.72. The van der Waals surface area contributed by atoms with Gasteiger partial charge < -0.3 is 14.9 Å². The highest BCUT2D eigenvalue weighted by Crippen LogP contribution is 2.24. The molecule has 86 valence electrons. The van der Waals surface area contributed by atoms with Crippen LogP contribution in [0.2, 0.25) is 0 Å². The van der Waals surface area contributed by atoms with Gasteiger partial charge in [0.2, 0.25) is 0 Å². The summed E-state index contributed by atoms with van der Waals surface area (Å²) < 4.78 is 4.79. The van der Waals surface area contributed by atoms with Crippen LogP contribution in [-0.4, -0.2) is 39.3 Å². The molecule has 0 aromatic carbocycles. The first-order valence-corrected chi connectivity index (χ1v) is 4.17. The first kappa shape index (κ1) is 11.9. The fourth-order valence-corrected chi connectivity index (χ4v) is 0.942. The van der Waals surface area contributed by atoms with Crippen molar-refractivity contribution in [1.29, 1.82) is 0 Å². The Morgan fingerprint density at radius 3 is 2.81 bits per heavy atom. The molecule has 0 radical (unpaired) electrons. The number of hydrogen-bond acceptors (Lipinski definition) is 6. The van der Waals surface area contributed by atoms with Gasteiger partial charge in [0.25, 0.3) is 5.88 Å². The minimum absolute atomic E-state index is 0.153. The molecule has 1 heterocycles. The zero-order valence-electron chi connectivity index (χ0n) is 7.99. The Morgan fingerprint density at radius 1 is 1.62 bits per heavy atom. The summed E-state index contributed by atoms with van der Waals surface area (Å²) in [6.45, 7) is -0.472. The summed E-state index contributed by atoms with van der Waals surface area (Å²) in [4.78, 5) is 23.9. The molecule has 0 saturated heterocycles. The standard InChI is InChI=1S/C8H8N2O6/c11-1-2-16-7-6(10(14)15)3-5(4-9-7)8(12)13/h3-4,11H,1-2H2,(H,12,13). The molecular formula is C8H8N2O6. The minimum atomic E-state index is -1.32. The molecular weight excluding hydrogens is 220 g/mol. The third-order valence-corrected chi connectivity index (χ3v) is 1.61. The lowest BCUT2D eigenvalue weighted by atomic mass is 10.2. The lowest BCUT2D eigenvalue weighted by Gasteiger charge is -2.03. The van der Waals surface area contributed by atoms with Crippen molar-refractivity contribution in [2.45, 2.75) is 0 Å². The van der Waals surface area contributed by atoms with E-state index in [2.05, 4.69) is 4.98 Å². The molecule has 0 aliphatic heterocycles. The van der Waals surface area contributed by atoms with E-state index in [1.54, 1.807) is 0 Å². The van der Waals surface area contributed by atoms with Gasteiger partial charge in [0.05, 0.1) is 17.1 Å². The molecule has 2 N–H and O–H groups in total. The molecule has 0 saturated carbocycles. The normalized spacial score (nSPS) is 9.81. The number of carbonyl (C=O) groups is 1. The number of aromatic nitrogens is 1. The van der Waals surface area contributed by atoms with Crippen LogP contribution in [0, 0.1) is 10.1 Å². The Bertz CT molecular complexity index is 419. The van der Waals surface area contributed by atoms with Gasteiger partial charge in [-0.15, -0.1) is 0 Å². The first-order chi connectivity index (χ1) is 7.56. The number of carboxylic acids is 1. The minimum Gasteiger partial charge on any atom is -0.478 e. The summed E-state index contributed by atoms with van der Waals surface area (Å²) >= 11 is 0. The largest absolute Gasteiger partial charge is 0.478 e. The SMILES string of the molecule is O=C(O)c1cnc(OCCO)c([N+](=O)[O-])c1. The number of nitrogens with zero attached hydrogens (tertiary/aromatic N) is 2. The maximum absolute atomic E-state index is 10.6. The monoisotopic (exact) mass is 228 g/mol. The Labute approximate surface area is 89.3 Å². The summed E-state index contributed by atoms with van der Waals surface area (Å²) in [6.07, 6.45) is 0.946. The van der Waals surface area contributed by atoms with Crippen LogP contribution in [0.1, 0.15) is 10.4 Å². The molecule has 16 heavy (non-hydrogen) atoms. The van der Waals surface area contributed by atoms with Crippen LogP contribution in [0.5, 0.6) is 5.88 Å². The Morgan fingerprint density at radius 2 is 2.31 bits per heavy atom. The molecule has 1 aromatic rings. The second-order valence-electron chi connectivity index (χ2n) is 2.68. The number of carboxylic acid groups (broad SMARTS) is 1. The molecule has 8 heteroatoms. The molecule has 0 bridgehead atoms. The fourth-order valence-electron chi connectivity index (χ4n) is 0.942. The highest BCUT2D eigenvalue weighted by atomic mass is 16.6. The number of rotatable bonds is 5. The average Bonchev–Trinajstić information content (AvgIpc) is 2.25. The third kappa shape index (κ3) is 2.64. The van der Waals surface area contributed by atoms with Gasteiger partial charge in [-0.2, -0.15) is 0 Å². The summed E-state index contributed by atoms with van der Waals surface area (Å²) in [6, 6.07) is 0.849. The van der Waals surface area contributed by atoms with Gasteiger partial charge in [-0.05, 0) is 0 Å². The summed E-state index contributed by atoms with van der Waals surface area (Å²) in [7, 11) is 0. The molecule has 0 fully saturated rings. The van der Waals surface area contributed by atoms with Crippen molar-refractivity contribution >= 4 is 11.7 Å². The van der Waals surface area contributed by atoms with Gasteiger partial charge in [0.15, 0.2) is 0 Å². The van der Waals surface area contributed by atoms with Gasteiger partial charge >= 0.3 is 11.7 Å². The Hall–Kier alpha value is -2.22. The van der Waals surface area contributed by atoms with Crippen molar-refractivity contribution in [2.75, 3.05) is 13.2 Å². The van der Waals surface area contributed by atoms with E-state index in [0.717, 1.165) is 12.3 Å². The lowest BCUT2D eigenvalue weighted by Crippen LogP contribution is -2.07. The number of aliphatic hydroxyl groups is 1. The molecule has 1 aromatic heterocycles. The van der Waals surface area contributed by atoms with E-state index in [-0.39, 0.29) is 24.7 Å². The zero-order valence-corrected chi connectivity index (χ0v) is 7.99. The van der Waals surface area contributed by atoms with E-state index < -0.39 is 16.6 Å². The smallest absolute Gasteiger partial charge is 0.337 e. The maximum atomic E-state index is 10.6. The summed E-state index contributed by atoms with van der Waals surface area (Å²) in [5.74, 6) is -1.63. The van der Waals surface area contributed by atoms with E-state index in [9.17, 15) is 14.9 Å². The van der Waals surface area contributed by atoms with Crippen molar-refractivity contribution in [3.63, 3.8) is 0 Å². The van der Waals surface area contributed by atoms with Gasteiger partial charge in [0, 0.05) is 12.3 Å². The molecule has 0 spiro atoms. The van der Waals surface area contributed by atoms with Gasteiger partial charge in [-0.3, -0.25) is 10.1 Å². The van der Waals surface area contributed by atoms with Crippen molar-refractivity contribution in [3.8, 4) is 5.88 Å². The molecule has 0 aliphatic rings. The Balaban J connectivity index is 3.09. The number of hydrogen-bond donors (Lipinski definition) is 2. The van der Waals surface area contributed by atoms with E-state index in [0.29, 0.717) is 0 Å². The van der Waals surface area contributed by atoms with Crippen molar-refractivity contribution in [1.82, 2.24) is 4.98 Å². The topological polar surface area (TPSA) is 123 Å². The van der Waals surface area contributed by atoms with E-state index in [1.165, 1.54) is 0 Å². The summed E-state index contributed by atoms with van der Waals surface area (Å²) in [5, 5.41) is 27.7. The molecule has 1 rings (SSSR count). The van der Waals surface area contributed by atoms with Crippen LogP contribution in [0.15, 0.2) is 12.3 Å². The molecule has 0 aliphatic carbocycles. The van der Waals surface area contributed by atoms with Crippen LogP contribution in [-0.2, 0) is 0 Å². The second kappa shape index (κ2) is 5.03. The zero-order chi connectivity index (χ0) is 12.1. The molecule has 0 amide bonds. The predicted octanol–water partition coefficient (Wildman–Crippen LogP) is 0.0591. The molecule has 8 nitrogen and oxygen atoms in total.